The molecule has 6 heteroatoms. The number of nitrogens with zero attached hydrogens (tertiary/aromatic N) is 3. The molecule has 1 amide bonds. The zero-order chi connectivity index (χ0) is 20.4. The molecule has 4 aromatic rings. The van der Waals surface area contributed by atoms with Gasteiger partial charge in [0, 0.05) is 16.3 Å². The number of halogens is 1. The van der Waals surface area contributed by atoms with Crippen molar-refractivity contribution in [2.24, 2.45) is 0 Å². The van der Waals surface area contributed by atoms with Gasteiger partial charge in [0.05, 0.1) is 5.69 Å². The third-order valence-electron chi connectivity index (χ3n) is 4.63. The van der Waals surface area contributed by atoms with Crippen LogP contribution in [0, 0.1) is 13.8 Å². The van der Waals surface area contributed by atoms with Crippen LogP contribution in [0.15, 0.2) is 72.8 Å². The van der Waals surface area contributed by atoms with Gasteiger partial charge in [-0.15, -0.1) is 5.10 Å². The average molecular weight is 403 g/mol. The fourth-order valence-electron chi connectivity index (χ4n) is 3.13. The molecular weight excluding hydrogens is 384 g/mol. The van der Waals surface area contributed by atoms with Gasteiger partial charge in [-0.1, -0.05) is 60.1 Å². The molecule has 0 saturated carbocycles. The second-order valence-electron chi connectivity index (χ2n) is 6.73. The second-order valence-corrected chi connectivity index (χ2v) is 7.17. The van der Waals surface area contributed by atoms with Gasteiger partial charge in [0.2, 0.25) is 5.82 Å². The van der Waals surface area contributed by atoms with Gasteiger partial charge in [-0.2, -0.15) is 0 Å². The molecule has 4 rings (SSSR count). The number of hydrogen-bond donors (Lipinski definition) is 1. The van der Waals surface area contributed by atoms with Crippen molar-refractivity contribution in [3.05, 3.63) is 94.8 Å². The van der Waals surface area contributed by atoms with E-state index in [-0.39, 0.29) is 11.7 Å². The van der Waals surface area contributed by atoms with Crippen molar-refractivity contribution in [1.29, 1.82) is 0 Å². The molecule has 1 heterocycles. The highest BCUT2D eigenvalue weighted by Gasteiger charge is 2.20. The molecule has 144 valence electrons. The lowest BCUT2D eigenvalue weighted by atomic mass is 10.1. The summed E-state index contributed by atoms with van der Waals surface area (Å²) in [5, 5.41) is 8.07. The van der Waals surface area contributed by atoms with Crippen LogP contribution in [0.2, 0.25) is 5.02 Å². The molecule has 0 radical (unpaired) electrons. The van der Waals surface area contributed by atoms with Crippen LogP contribution in [0.4, 0.5) is 5.69 Å². The maximum absolute atomic E-state index is 12.9. The van der Waals surface area contributed by atoms with E-state index < -0.39 is 0 Å². The van der Waals surface area contributed by atoms with Gasteiger partial charge >= 0.3 is 0 Å². The molecule has 0 aliphatic rings. The van der Waals surface area contributed by atoms with Gasteiger partial charge in [-0.25, -0.2) is 9.67 Å². The van der Waals surface area contributed by atoms with E-state index >= 15 is 0 Å². The molecule has 0 aliphatic carbocycles. The molecule has 0 aliphatic heterocycles. The maximum atomic E-state index is 12.9. The highest BCUT2D eigenvalue weighted by Crippen LogP contribution is 2.24. The standard InChI is InChI=1S/C23H19ClN4O/c1-15-7-6-8-16(2)20(15)25-23(29)21-26-22(17-9-4-3-5-10-17)28(27-21)19-13-11-18(24)12-14-19/h3-14H,1-2H3,(H,25,29). The topological polar surface area (TPSA) is 59.8 Å². The number of aromatic nitrogens is 3. The van der Waals surface area contributed by atoms with Crippen molar-refractivity contribution in [2.45, 2.75) is 13.8 Å². The molecule has 1 aromatic heterocycles. The average Bonchev–Trinajstić information content (AvgIpc) is 3.17. The molecule has 1 N–H and O–H groups in total. The Bertz CT molecular complexity index is 1150. The van der Waals surface area contributed by atoms with Gasteiger partial charge in [-0.3, -0.25) is 4.79 Å². The van der Waals surface area contributed by atoms with Gasteiger partial charge in [0.15, 0.2) is 5.82 Å². The summed E-state index contributed by atoms with van der Waals surface area (Å²) < 4.78 is 1.66. The lowest BCUT2D eigenvalue weighted by molar-refractivity contribution is 0.101. The number of benzene rings is 3. The Hall–Kier alpha value is -3.44. The van der Waals surface area contributed by atoms with Crippen molar-refractivity contribution >= 4 is 23.2 Å². The Morgan fingerprint density at radius 3 is 2.21 bits per heavy atom. The van der Waals surface area contributed by atoms with Crippen LogP contribution in [0.3, 0.4) is 0 Å². The maximum Gasteiger partial charge on any atom is 0.295 e. The minimum Gasteiger partial charge on any atom is -0.319 e. The number of aryl methyl sites for hydroxylation is 2. The molecule has 0 spiro atoms. The monoisotopic (exact) mass is 402 g/mol. The summed E-state index contributed by atoms with van der Waals surface area (Å²) in [5.41, 5.74) is 4.38. The molecule has 0 unspecified atom stereocenters. The molecule has 0 saturated heterocycles. The summed E-state index contributed by atoms with van der Waals surface area (Å²) in [6.45, 7) is 3.91. The minimum atomic E-state index is -0.354. The minimum absolute atomic E-state index is 0.0986. The number of carbonyl (C=O) groups is 1. The first-order chi connectivity index (χ1) is 14.0. The van der Waals surface area contributed by atoms with E-state index in [4.69, 9.17) is 11.6 Å². The van der Waals surface area contributed by atoms with Crippen LogP contribution in [0.1, 0.15) is 21.7 Å². The fourth-order valence-corrected chi connectivity index (χ4v) is 3.25. The summed E-state index contributed by atoms with van der Waals surface area (Å²) in [6, 6.07) is 22.8. The van der Waals surface area contributed by atoms with E-state index in [1.807, 2.05) is 74.5 Å². The van der Waals surface area contributed by atoms with Crippen LogP contribution in [0.25, 0.3) is 17.1 Å². The van der Waals surface area contributed by atoms with E-state index in [1.54, 1.807) is 16.8 Å². The SMILES string of the molecule is Cc1cccc(C)c1NC(=O)c1nc(-c2ccccc2)n(-c2ccc(Cl)cc2)n1. The third kappa shape index (κ3) is 3.91. The van der Waals surface area contributed by atoms with Crippen LogP contribution < -0.4 is 5.32 Å². The molecular formula is C23H19ClN4O. The molecule has 3 aromatic carbocycles. The number of anilines is 1. The zero-order valence-electron chi connectivity index (χ0n) is 16.1. The number of amides is 1. The van der Waals surface area contributed by atoms with E-state index in [9.17, 15) is 4.79 Å². The summed E-state index contributed by atoms with van der Waals surface area (Å²) in [5.74, 6) is 0.327. The normalized spacial score (nSPS) is 10.7. The van der Waals surface area contributed by atoms with Crippen LogP contribution in [-0.2, 0) is 0 Å². The first kappa shape index (κ1) is 18.9. The second kappa shape index (κ2) is 7.89. The Morgan fingerprint density at radius 2 is 1.55 bits per heavy atom. The van der Waals surface area contributed by atoms with Crippen molar-refractivity contribution in [3.8, 4) is 17.1 Å². The fraction of sp³-hybridized carbons (Fsp3) is 0.0870. The molecule has 5 nitrogen and oxygen atoms in total. The molecule has 0 atom stereocenters. The van der Waals surface area contributed by atoms with Gasteiger partial charge in [0.25, 0.3) is 5.91 Å². The quantitative estimate of drug-likeness (QED) is 0.493. The Balaban J connectivity index is 1.77. The molecule has 0 bridgehead atoms. The van der Waals surface area contributed by atoms with Gasteiger partial charge < -0.3 is 5.32 Å². The van der Waals surface area contributed by atoms with Gasteiger partial charge in [-0.05, 0) is 49.2 Å². The van der Waals surface area contributed by atoms with E-state index in [0.717, 1.165) is 28.1 Å². The predicted octanol–water partition coefficient (Wildman–Crippen LogP) is 5.46. The largest absolute Gasteiger partial charge is 0.319 e. The van der Waals surface area contributed by atoms with Crippen LogP contribution in [0.5, 0.6) is 0 Å². The Morgan fingerprint density at radius 1 is 0.897 bits per heavy atom. The summed E-state index contributed by atoms with van der Waals surface area (Å²) in [4.78, 5) is 17.5. The molecule has 0 fully saturated rings. The number of rotatable bonds is 4. The van der Waals surface area contributed by atoms with Crippen molar-refractivity contribution in [2.75, 3.05) is 5.32 Å². The van der Waals surface area contributed by atoms with Crippen LogP contribution >= 0.6 is 11.6 Å². The summed E-state index contributed by atoms with van der Waals surface area (Å²) in [7, 11) is 0. The predicted molar refractivity (Wildman–Crippen MR) is 116 cm³/mol. The van der Waals surface area contributed by atoms with Crippen LogP contribution in [-0.4, -0.2) is 20.7 Å². The van der Waals surface area contributed by atoms with Crippen molar-refractivity contribution in [1.82, 2.24) is 14.8 Å². The first-order valence-electron chi connectivity index (χ1n) is 9.19. The van der Waals surface area contributed by atoms with E-state index in [1.165, 1.54) is 0 Å². The number of carbonyl (C=O) groups excluding carboxylic acids is 1. The lowest BCUT2D eigenvalue weighted by Crippen LogP contribution is -2.16. The smallest absolute Gasteiger partial charge is 0.295 e. The highest BCUT2D eigenvalue weighted by atomic mass is 35.5. The lowest BCUT2D eigenvalue weighted by Gasteiger charge is -2.09. The first-order valence-corrected chi connectivity index (χ1v) is 9.57. The Labute approximate surface area is 174 Å². The number of nitrogens with one attached hydrogen (secondary N) is 1. The van der Waals surface area contributed by atoms with Crippen molar-refractivity contribution < 1.29 is 4.79 Å². The summed E-state index contributed by atoms with van der Waals surface area (Å²) in [6.07, 6.45) is 0. The third-order valence-corrected chi connectivity index (χ3v) is 4.89. The highest BCUT2D eigenvalue weighted by molar-refractivity contribution is 6.30. The molecule has 29 heavy (non-hydrogen) atoms. The van der Waals surface area contributed by atoms with E-state index in [2.05, 4.69) is 15.4 Å². The number of para-hydroxylation sites is 1. The number of hydrogen-bond acceptors (Lipinski definition) is 3. The Kier molecular flexibility index (Phi) is 5.14. The van der Waals surface area contributed by atoms with Gasteiger partial charge in [0.1, 0.15) is 0 Å². The van der Waals surface area contributed by atoms with E-state index in [0.29, 0.717) is 10.8 Å². The van der Waals surface area contributed by atoms with Crippen molar-refractivity contribution in [3.63, 3.8) is 0 Å². The summed E-state index contributed by atoms with van der Waals surface area (Å²) >= 11 is 6.02. The zero-order valence-corrected chi connectivity index (χ0v) is 16.8.